The largest absolute Gasteiger partial charge is 0.493 e. The fourth-order valence-corrected chi connectivity index (χ4v) is 1.67. The van der Waals surface area contributed by atoms with Gasteiger partial charge in [-0.25, -0.2) is 0 Å². The Morgan fingerprint density at radius 3 is 2.57 bits per heavy atom. The number of allylic oxidation sites excluding steroid dienone is 1. The average Bonchev–Trinajstić information content (AvgIpc) is 2.49. The number of ketones is 1. The molecule has 0 unspecified atom stereocenters. The average molecular weight is 292 g/mol. The van der Waals surface area contributed by atoms with Crippen molar-refractivity contribution in [2.45, 2.75) is 20.3 Å². The van der Waals surface area contributed by atoms with Crippen molar-refractivity contribution in [1.29, 1.82) is 0 Å². The molecule has 0 aliphatic carbocycles. The van der Waals surface area contributed by atoms with Crippen molar-refractivity contribution in [3.63, 3.8) is 0 Å². The van der Waals surface area contributed by atoms with Gasteiger partial charge in [0, 0.05) is 26.1 Å². The van der Waals surface area contributed by atoms with E-state index in [1.807, 2.05) is 32.0 Å². The highest BCUT2D eigenvalue weighted by atomic mass is 16.5. The van der Waals surface area contributed by atoms with Gasteiger partial charge in [-0.05, 0) is 23.8 Å². The number of ether oxygens (including phenoxy) is 3. The molecule has 0 spiro atoms. The lowest BCUT2D eigenvalue weighted by Crippen LogP contribution is -2.03. The summed E-state index contributed by atoms with van der Waals surface area (Å²) in [5.41, 5.74) is 0.909. The molecule has 0 aliphatic rings. The normalized spacial score (nSPS) is 11.1. The molecule has 0 saturated heterocycles. The summed E-state index contributed by atoms with van der Waals surface area (Å²) >= 11 is 0. The number of rotatable bonds is 9. The molecule has 0 N–H and O–H groups in total. The van der Waals surface area contributed by atoms with E-state index in [9.17, 15) is 4.79 Å². The monoisotopic (exact) mass is 292 g/mol. The number of carbonyl (C=O) groups excluding carboxylic acids is 1. The van der Waals surface area contributed by atoms with Crippen LogP contribution < -0.4 is 9.47 Å². The topological polar surface area (TPSA) is 44.8 Å². The van der Waals surface area contributed by atoms with Crippen molar-refractivity contribution in [3.8, 4) is 11.5 Å². The highest BCUT2D eigenvalue weighted by Crippen LogP contribution is 2.28. The van der Waals surface area contributed by atoms with E-state index in [1.54, 1.807) is 26.4 Å². The van der Waals surface area contributed by atoms with Crippen molar-refractivity contribution in [1.82, 2.24) is 0 Å². The van der Waals surface area contributed by atoms with Crippen molar-refractivity contribution in [2.24, 2.45) is 5.92 Å². The molecule has 1 aromatic carbocycles. The van der Waals surface area contributed by atoms with Gasteiger partial charge in [0.2, 0.25) is 0 Å². The molecule has 0 saturated carbocycles. The van der Waals surface area contributed by atoms with Crippen LogP contribution in [0.2, 0.25) is 0 Å². The van der Waals surface area contributed by atoms with Crippen molar-refractivity contribution >= 4 is 11.9 Å². The van der Waals surface area contributed by atoms with Gasteiger partial charge in [-0.3, -0.25) is 4.79 Å². The van der Waals surface area contributed by atoms with E-state index in [4.69, 9.17) is 14.2 Å². The summed E-state index contributed by atoms with van der Waals surface area (Å²) in [6.45, 7) is 4.98. The predicted octanol–water partition coefficient (Wildman–Crippen LogP) is 3.35. The molecule has 1 rings (SSSR count). The highest BCUT2D eigenvalue weighted by molar-refractivity contribution is 5.94. The van der Waals surface area contributed by atoms with E-state index in [-0.39, 0.29) is 11.7 Å². The van der Waals surface area contributed by atoms with Gasteiger partial charge in [0.25, 0.3) is 0 Å². The lowest BCUT2D eigenvalue weighted by atomic mass is 10.1. The molecule has 0 heterocycles. The number of methoxy groups -OCH3 is 2. The maximum atomic E-state index is 11.6. The van der Waals surface area contributed by atoms with Crippen LogP contribution in [0.3, 0.4) is 0 Å². The van der Waals surface area contributed by atoms with Gasteiger partial charge < -0.3 is 14.2 Å². The van der Waals surface area contributed by atoms with Crippen LogP contribution in [0.15, 0.2) is 24.3 Å². The molecule has 0 radical (unpaired) electrons. The van der Waals surface area contributed by atoms with Crippen molar-refractivity contribution in [3.05, 3.63) is 29.8 Å². The van der Waals surface area contributed by atoms with Crippen LogP contribution in [0.1, 0.15) is 25.8 Å². The molecule has 116 valence electrons. The molecule has 1 aromatic rings. The molecule has 0 fully saturated rings. The first-order valence-corrected chi connectivity index (χ1v) is 7.10. The van der Waals surface area contributed by atoms with E-state index < -0.39 is 0 Å². The van der Waals surface area contributed by atoms with Gasteiger partial charge in [0.15, 0.2) is 17.3 Å². The maximum absolute atomic E-state index is 11.6. The first-order chi connectivity index (χ1) is 10.1. The second-order valence-corrected chi connectivity index (χ2v) is 5.00. The number of hydrogen-bond acceptors (Lipinski definition) is 4. The van der Waals surface area contributed by atoms with Crippen LogP contribution in [-0.4, -0.2) is 33.2 Å². The second kappa shape index (κ2) is 9.19. The van der Waals surface area contributed by atoms with Crippen LogP contribution >= 0.6 is 0 Å². The van der Waals surface area contributed by atoms with E-state index in [1.165, 1.54) is 0 Å². The molecule has 0 aliphatic heterocycles. The third kappa shape index (κ3) is 6.00. The molecule has 4 nitrogen and oxygen atoms in total. The Hall–Kier alpha value is -1.81. The zero-order chi connectivity index (χ0) is 15.7. The van der Waals surface area contributed by atoms with Crippen molar-refractivity contribution < 1.29 is 19.0 Å². The summed E-state index contributed by atoms with van der Waals surface area (Å²) in [6, 6.07) is 5.60. The van der Waals surface area contributed by atoms with E-state index in [2.05, 4.69) is 0 Å². The Kier molecular flexibility index (Phi) is 7.54. The molecular formula is C17H24O4. The predicted molar refractivity (Wildman–Crippen MR) is 83.9 cm³/mol. The van der Waals surface area contributed by atoms with Gasteiger partial charge >= 0.3 is 0 Å². The zero-order valence-corrected chi connectivity index (χ0v) is 13.2. The van der Waals surface area contributed by atoms with Gasteiger partial charge in [0.1, 0.15) is 0 Å². The first-order valence-electron chi connectivity index (χ1n) is 7.10. The molecule has 4 heteroatoms. The fraction of sp³-hybridized carbons (Fsp3) is 0.471. The Morgan fingerprint density at radius 2 is 1.95 bits per heavy atom. The van der Waals surface area contributed by atoms with Crippen LogP contribution in [0.25, 0.3) is 6.08 Å². The summed E-state index contributed by atoms with van der Waals surface area (Å²) in [4.78, 5) is 11.6. The molecule has 0 aromatic heterocycles. The van der Waals surface area contributed by atoms with Crippen LogP contribution in [0.5, 0.6) is 11.5 Å². The smallest absolute Gasteiger partial charge is 0.161 e. The Bertz CT molecular complexity index is 478. The summed E-state index contributed by atoms with van der Waals surface area (Å²) in [7, 11) is 3.27. The highest BCUT2D eigenvalue weighted by Gasteiger charge is 2.06. The zero-order valence-electron chi connectivity index (χ0n) is 13.2. The Balaban J connectivity index is 2.76. The molecule has 21 heavy (non-hydrogen) atoms. The standard InChI is InChI=1S/C17H24O4/c1-13(2)15(18)8-6-14-7-9-16(20-4)17(12-14)21-11-5-10-19-3/h6-9,12-13H,5,10-11H2,1-4H3. The lowest BCUT2D eigenvalue weighted by Gasteiger charge is -2.11. The van der Waals surface area contributed by atoms with Gasteiger partial charge in [-0.2, -0.15) is 0 Å². The van der Waals surface area contributed by atoms with Crippen LogP contribution in [0, 0.1) is 5.92 Å². The van der Waals surface area contributed by atoms with Crippen LogP contribution in [0.4, 0.5) is 0 Å². The Labute approximate surface area is 126 Å². The van der Waals surface area contributed by atoms with Crippen molar-refractivity contribution in [2.75, 3.05) is 27.4 Å². The number of carbonyl (C=O) groups is 1. The maximum Gasteiger partial charge on any atom is 0.161 e. The van der Waals surface area contributed by atoms with E-state index in [0.29, 0.717) is 24.7 Å². The molecule has 0 bridgehead atoms. The SMILES string of the molecule is COCCCOc1cc(C=CC(=O)C(C)C)ccc1OC. The van der Waals surface area contributed by atoms with E-state index in [0.717, 1.165) is 12.0 Å². The minimum absolute atomic E-state index is 0.00395. The van der Waals surface area contributed by atoms with Gasteiger partial charge in [0.05, 0.1) is 13.7 Å². The summed E-state index contributed by atoms with van der Waals surface area (Å²) in [6.07, 6.45) is 4.20. The van der Waals surface area contributed by atoms with Gasteiger partial charge in [-0.1, -0.05) is 26.0 Å². The molecule has 0 atom stereocenters. The first kappa shape index (κ1) is 17.2. The molecule has 0 amide bonds. The van der Waals surface area contributed by atoms with Gasteiger partial charge in [-0.15, -0.1) is 0 Å². The van der Waals surface area contributed by atoms with Crippen LogP contribution in [-0.2, 0) is 9.53 Å². The second-order valence-electron chi connectivity index (χ2n) is 5.00. The third-order valence-corrected chi connectivity index (χ3v) is 2.95. The fourth-order valence-electron chi connectivity index (χ4n) is 1.67. The minimum Gasteiger partial charge on any atom is -0.493 e. The Morgan fingerprint density at radius 1 is 1.19 bits per heavy atom. The molecular weight excluding hydrogens is 268 g/mol. The third-order valence-electron chi connectivity index (χ3n) is 2.95. The minimum atomic E-state index is 0.00395. The summed E-state index contributed by atoms with van der Waals surface area (Å²) < 4.78 is 16.0. The number of benzene rings is 1. The number of hydrogen-bond donors (Lipinski definition) is 0. The quantitative estimate of drug-likeness (QED) is 0.517. The lowest BCUT2D eigenvalue weighted by molar-refractivity contribution is -0.117. The summed E-state index contributed by atoms with van der Waals surface area (Å²) in [5, 5.41) is 0. The summed E-state index contributed by atoms with van der Waals surface area (Å²) in [5.74, 6) is 1.46. The van der Waals surface area contributed by atoms with E-state index >= 15 is 0 Å².